The van der Waals surface area contributed by atoms with Crippen LogP contribution in [-0.2, 0) is 17.6 Å². The second-order valence-electron chi connectivity index (χ2n) is 5.37. The van der Waals surface area contributed by atoms with E-state index in [0.717, 1.165) is 45.0 Å². The molecule has 1 aromatic rings. The molecule has 0 bridgehead atoms. The van der Waals surface area contributed by atoms with Gasteiger partial charge in [-0.3, -0.25) is 4.99 Å². The second-order valence-corrected chi connectivity index (χ2v) is 6.31. The Morgan fingerprint density at radius 1 is 1.62 bits per heavy atom. The molecule has 1 aliphatic rings. The van der Waals surface area contributed by atoms with Gasteiger partial charge < -0.3 is 15.0 Å². The third kappa shape index (κ3) is 4.68. The normalized spacial score (nSPS) is 19.3. The fourth-order valence-corrected chi connectivity index (χ4v) is 3.44. The molecule has 1 N–H and O–H groups in total. The molecule has 2 rings (SSSR count). The molecule has 1 aliphatic heterocycles. The predicted molar refractivity (Wildman–Crippen MR) is 88.1 cm³/mol. The van der Waals surface area contributed by atoms with Crippen molar-refractivity contribution in [2.75, 3.05) is 40.4 Å². The van der Waals surface area contributed by atoms with Crippen molar-refractivity contribution in [1.29, 1.82) is 0 Å². The summed E-state index contributed by atoms with van der Waals surface area (Å²) < 4.78 is 5.25. The van der Waals surface area contributed by atoms with Gasteiger partial charge in [0.25, 0.3) is 0 Å². The number of aromatic nitrogens is 1. The van der Waals surface area contributed by atoms with E-state index in [-0.39, 0.29) is 0 Å². The lowest BCUT2D eigenvalue weighted by Gasteiger charge is -2.21. The maximum Gasteiger partial charge on any atom is 0.193 e. The van der Waals surface area contributed by atoms with E-state index < -0.39 is 0 Å². The largest absolute Gasteiger partial charge is 0.384 e. The molecule has 0 amide bonds. The Labute approximate surface area is 131 Å². The molecule has 0 radical (unpaired) electrons. The number of hydrogen-bond donors (Lipinski definition) is 1. The molecule has 1 aromatic heterocycles. The van der Waals surface area contributed by atoms with Crippen molar-refractivity contribution < 1.29 is 4.74 Å². The van der Waals surface area contributed by atoms with Crippen molar-refractivity contribution in [3.05, 3.63) is 16.1 Å². The number of aliphatic imine (C=N–C) groups is 1. The van der Waals surface area contributed by atoms with Gasteiger partial charge in [0.1, 0.15) is 0 Å². The van der Waals surface area contributed by atoms with Crippen LogP contribution < -0.4 is 5.32 Å². The number of aryl methyl sites for hydroxylation is 1. The van der Waals surface area contributed by atoms with Crippen LogP contribution >= 0.6 is 11.3 Å². The fourth-order valence-electron chi connectivity index (χ4n) is 2.66. The van der Waals surface area contributed by atoms with E-state index in [1.54, 1.807) is 18.4 Å². The topological polar surface area (TPSA) is 49.8 Å². The van der Waals surface area contributed by atoms with Crippen LogP contribution in [0.3, 0.4) is 0 Å². The summed E-state index contributed by atoms with van der Waals surface area (Å²) in [5, 5.41) is 6.83. The van der Waals surface area contributed by atoms with Crippen LogP contribution in [0.1, 0.15) is 24.0 Å². The highest BCUT2D eigenvalue weighted by Crippen LogP contribution is 2.16. The van der Waals surface area contributed by atoms with Crippen molar-refractivity contribution >= 4 is 17.3 Å². The van der Waals surface area contributed by atoms with Crippen molar-refractivity contribution in [1.82, 2.24) is 15.2 Å². The predicted octanol–water partition coefficient (Wildman–Crippen LogP) is 1.79. The molecule has 6 heteroatoms. The number of nitrogens with one attached hydrogen (secondary N) is 1. The molecule has 0 spiro atoms. The molecule has 118 valence electrons. The first-order valence-electron chi connectivity index (χ1n) is 7.64. The molecule has 5 nitrogen and oxygen atoms in total. The number of thiazole rings is 1. The zero-order chi connectivity index (χ0) is 15.1. The lowest BCUT2D eigenvalue weighted by atomic mass is 10.1. The van der Waals surface area contributed by atoms with Crippen LogP contribution in [0.5, 0.6) is 0 Å². The monoisotopic (exact) mass is 310 g/mol. The Morgan fingerprint density at radius 3 is 3.14 bits per heavy atom. The quantitative estimate of drug-likeness (QED) is 0.643. The van der Waals surface area contributed by atoms with Crippen LogP contribution in [-0.4, -0.2) is 56.2 Å². The van der Waals surface area contributed by atoms with Gasteiger partial charge in [0.05, 0.1) is 17.3 Å². The Morgan fingerprint density at radius 2 is 2.48 bits per heavy atom. The van der Waals surface area contributed by atoms with E-state index >= 15 is 0 Å². The summed E-state index contributed by atoms with van der Waals surface area (Å²) in [4.78, 5) is 11.3. The molecule has 21 heavy (non-hydrogen) atoms. The summed E-state index contributed by atoms with van der Waals surface area (Å²) >= 11 is 1.75. The Bertz CT molecular complexity index is 460. The third-order valence-electron chi connectivity index (χ3n) is 3.77. The highest BCUT2D eigenvalue weighted by atomic mass is 32.1. The van der Waals surface area contributed by atoms with Crippen LogP contribution in [0.15, 0.2) is 10.4 Å². The lowest BCUT2D eigenvalue weighted by molar-refractivity contribution is 0.157. The minimum atomic E-state index is 0.624. The van der Waals surface area contributed by atoms with Gasteiger partial charge in [0, 0.05) is 51.5 Å². The van der Waals surface area contributed by atoms with E-state index in [0.29, 0.717) is 5.92 Å². The van der Waals surface area contributed by atoms with Crippen molar-refractivity contribution in [2.24, 2.45) is 10.9 Å². The molecule has 2 heterocycles. The summed E-state index contributed by atoms with van der Waals surface area (Å²) in [6, 6.07) is 0. The number of nitrogens with zero attached hydrogens (tertiary/aromatic N) is 3. The minimum Gasteiger partial charge on any atom is -0.384 e. The number of guanidine groups is 1. The average molecular weight is 310 g/mol. The zero-order valence-electron chi connectivity index (χ0n) is 13.3. The SMILES string of the molecule is CCc1nc(CCNC(=NC)N2CCC(COC)C2)cs1. The molecule has 0 aromatic carbocycles. The summed E-state index contributed by atoms with van der Waals surface area (Å²) in [5.74, 6) is 1.62. The van der Waals surface area contributed by atoms with E-state index in [9.17, 15) is 0 Å². The summed E-state index contributed by atoms with van der Waals surface area (Å²) in [7, 11) is 3.62. The molecular formula is C15H26N4OS. The number of likely N-dealkylation sites (tertiary alicyclic amines) is 1. The smallest absolute Gasteiger partial charge is 0.193 e. The van der Waals surface area contributed by atoms with Crippen molar-refractivity contribution in [2.45, 2.75) is 26.2 Å². The molecule has 0 aliphatic carbocycles. The number of rotatable bonds is 6. The maximum atomic E-state index is 5.25. The minimum absolute atomic E-state index is 0.624. The number of ether oxygens (including phenoxy) is 1. The first-order chi connectivity index (χ1) is 10.3. The van der Waals surface area contributed by atoms with Crippen molar-refractivity contribution in [3.63, 3.8) is 0 Å². The zero-order valence-corrected chi connectivity index (χ0v) is 14.1. The van der Waals surface area contributed by atoms with Gasteiger partial charge >= 0.3 is 0 Å². The van der Waals surface area contributed by atoms with Gasteiger partial charge in [-0.25, -0.2) is 4.98 Å². The van der Waals surface area contributed by atoms with Gasteiger partial charge in [-0.2, -0.15) is 0 Å². The van der Waals surface area contributed by atoms with Crippen LogP contribution in [0.25, 0.3) is 0 Å². The lowest BCUT2D eigenvalue weighted by Crippen LogP contribution is -2.41. The van der Waals surface area contributed by atoms with Gasteiger partial charge in [-0.15, -0.1) is 11.3 Å². The Balaban J connectivity index is 1.75. The number of hydrogen-bond acceptors (Lipinski definition) is 4. The summed E-state index contributed by atoms with van der Waals surface area (Å²) in [6.07, 6.45) is 3.15. The molecular weight excluding hydrogens is 284 g/mol. The fraction of sp³-hybridized carbons (Fsp3) is 0.733. The van der Waals surface area contributed by atoms with Crippen LogP contribution in [0.2, 0.25) is 0 Å². The second kappa shape index (κ2) is 8.34. The van der Waals surface area contributed by atoms with Gasteiger partial charge in [-0.1, -0.05) is 6.92 Å². The first kappa shape index (κ1) is 16.2. The number of methoxy groups -OCH3 is 1. The van der Waals surface area contributed by atoms with Gasteiger partial charge in [0.2, 0.25) is 0 Å². The van der Waals surface area contributed by atoms with Gasteiger partial charge in [0.15, 0.2) is 5.96 Å². The van der Waals surface area contributed by atoms with Crippen molar-refractivity contribution in [3.8, 4) is 0 Å². The van der Waals surface area contributed by atoms with Crippen LogP contribution in [0.4, 0.5) is 0 Å². The van der Waals surface area contributed by atoms with Crippen LogP contribution in [0, 0.1) is 5.92 Å². The highest BCUT2D eigenvalue weighted by Gasteiger charge is 2.24. The summed E-state index contributed by atoms with van der Waals surface area (Å²) in [5.41, 5.74) is 1.18. The molecule has 1 atom stereocenters. The molecule has 1 fully saturated rings. The summed E-state index contributed by atoms with van der Waals surface area (Å²) in [6.45, 7) is 5.96. The molecule has 0 saturated carbocycles. The first-order valence-corrected chi connectivity index (χ1v) is 8.52. The maximum absolute atomic E-state index is 5.25. The van der Waals surface area contributed by atoms with Gasteiger partial charge in [-0.05, 0) is 12.8 Å². The van der Waals surface area contributed by atoms with E-state index in [4.69, 9.17) is 4.74 Å². The third-order valence-corrected chi connectivity index (χ3v) is 4.81. The molecule has 1 saturated heterocycles. The van der Waals surface area contributed by atoms with E-state index in [1.807, 2.05) is 7.05 Å². The Kier molecular flexibility index (Phi) is 6.45. The average Bonchev–Trinajstić information content (AvgIpc) is 3.13. The molecule has 1 unspecified atom stereocenters. The van der Waals surface area contributed by atoms with E-state index in [2.05, 4.69) is 32.5 Å². The Hall–Kier alpha value is -1.14. The highest BCUT2D eigenvalue weighted by molar-refractivity contribution is 7.09. The van der Waals surface area contributed by atoms with E-state index in [1.165, 1.54) is 17.1 Å². The standard InChI is InChI=1S/C15H26N4OS/c1-4-14-18-13(11-21-14)5-7-17-15(16-2)19-8-6-12(9-19)10-20-3/h11-12H,4-10H2,1-3H3,(H,16,17).